The zero-order valence-electron chi connectivity index (χ0n) is 15.5. The highest BCUT2D eigenvalue weighted by Gasteiger charge is 2.51. The van der Waals surface area contributed by atoms with Crippen LogP contribution < -0.4 is 10.8 Å². The molecule has 0 radical (unpaired) electrons. The number of carbonyl (C=O) groups is 1. The Balaban J connectivity index is 1.68. The number of rotatable bonds is 4. The quantitative estimate of drug-likeness (QED) is 0.858. The summed E-state index contributed by atoms with van der Waals surface area (Å²) in [7, 11) is -0.609. The van der Waals surface area contributed by atoms with Gasteiger partial charge in [0.1, 0.15) is 5.82 Å². The van der Waals surface area contributed by atoms with Crippen LogP contribution in [0.2, 0.25) is 0 Å². The van der Waals surface area contributed by atoms with Crippen LogP contribution in [0.25, 0.3) is 0 Å². The first kappa shape index (κ1) is 18.6. The Hall–Kier alpha value is -2.18. The minimum atomic E-state index is -0.609. The van der Waals surface area contributed by atoms with E-state index in [-0.39, 0.29) is 12.5 Å². The van der Waals surface area contributed by atoms with E-state index in [2.05, 4.69) is 5.32 Å². The number of benzene rings is 2. The van der Waals surface area contributed by atoms with Gasteiger partial charge in [0.15, 0.2) is 0 Å². The van der Waals surface area contributed by atoms with Gasteiger partial charge in [0.25, 0.3) is 5.91 Å². The molecule has 0 unspecified atom stereocenters. The molecule has 3 rings (SSSR count). The fraction of sp³-hybridized carbons (Fsp3) is 0.350. The van der Waals surface area contributed by atoms with E-state index in [0.29, 0.717) is 16.6 Å². The number of amides is 1. The Labute approximate surface area is 153 Å². The summed E-state index contributed by atoms with van der Waals surface area (Å²) in [4.78, 5) is 12.1. The SMILES string of the molecule is CC1(C)OB(c2ccc(CNC(=O)c3ccccc3)c(F)c2)OC1(C)C. The summed E-state index contributed by atoms with van der Waals surface area (Å²) in [5.74, 6) is -0.634. The van der Waals surface area contributed by atoms with Crippen molar-refractivity contribution in [2.75, 3.05) is 0 Å². The maximum atomic E-state index is 14.5. The van der Waals surface area contributed by atoms with Crippen LogP contribution in [0.1, 0.15) is 43.6 Å². The topological polar surface area (TPSA) is 47.6 Å². The van der Waals surface area contributed by atoms with E-state index in [1.54, 1.807) is 36.4 Å². The van der Waals surface area contributed by atoms with Crippen molar-refractivity contribution in [1.29, 1.82) is 0 Å². The molecule has 1 amide bonds. The zero-order chi connectivity index (χ0) is 18.9. The Bertz CT molecular complexity index is 792. The third kappa shape index (κ3) is 3.66. The molecule has 0 atom stereocenters. The van der Waals surface area contributed by atoms with Crippen LogP contribution in [-0.2, 0) is 15.9 Å². The maximum Gasteiger partial charge on any atom is 0.494 e. The van der Waals surface area contributed by atoms with Crippen LogP contribution in [0.15, 0.2) is 48.5 Å². The molecule has 1 N–H and O–H groups in total. The summed E-state index contributed by atoms with van der Waals surface area (Å²) >= 11 is 0. The summed E-state index contributed by atoms with van der Waals surface area (Å²) in [5, 5.41) is 2.73. The molecule has 0 spiro atoms. The average Bonchev–Trinajstić information content (AvgIpc) is 2.82. The molecular formula is C20H23BFNO3. The lowest BCUT2D eigenvalue weighted by atomic mass is 9.78. The van der Waals surface area contributed by atoms with Gasteiger partial charge < -0.3 is 14.6 Å². The highest BCUT2D eigenvalue weighted by Crippen LogP contribution is 2.36. The van der Waals surface area contributed by atoms with Crippen molar-refractivity contribution in [3.05, 3.63) is 65.5 Å². The van der Waals surface area contributed by atoms with E-state index in [9.17, 15) is 9.18 Å². The highest BCUT2D eigenvalue weighted by atomic mass is 19.1. The van der Waals surface area contributed by atoms with Crippen molar-refractivity contribution >= 4 is 18.5 Å². The monoisotopic (exact) mass is 355 g/mol. The second-order valence-electron chi connectivity index (χ2n) is 7.49. The minimum Gasteiger partial charge on any atom is -0.399 e. The molecule has 6 heteroatoms. The van der Waals surface area contributed by atoms with Gasteiger partial charge in [-0.05, 0) is 51.4 Å². The van der Waals surface area contributed by atoms with Crippen molar-refractivity contribution in [2.45, 2.75) is 45.4 Å². The molecule has 136 valence electrons. The van der Waals surface area contributed by atoms with Crippen molar-refractivity contribution < 1.29 is 18.5 Å². The van der Waals surface area contributed by atoms with Crippen molar-refractivity contribution in [1.82, 2.24) is 5.32 Å². The fourth-order valence-electron chi connectivity index (χ4n) is 2.70. The molecular weight excluding hydrogens is 332 g/mol. The molecule has 2 aromatic carbocycles. The number of nitrogens with one attached hydrogen (secondary N) is 1. The molecule has 1 fully saturated rings. The predicted octanol–water partition coefficient (Wildman–Crippen LogP) is 3.05. The van der Waals surface area contributed by atoms with Gasteiger partial charge in [-0.3, -0.25) is 4.79 Å². The molecule has 0 bridgehead atoms. The van der Waals surface area contributed by atoms with Crippen LogP contribution in [0.5, 0.6) is 0 Å². The zero-order valence-corrected chi connectivity index (χ0v) is 15.5. The fourth-order valence-corrected chi connectivity index (χ4v) is 2.70. The minimum absolute atomic E-state index is 0.114. The van der Waals surface area contributed by atoms with Gasteiger partial charge in [0, 0.05) is 17.7 Å². The van der Waals surface area contributed by atoms with Crippen LogP contribution in [0, 0.1) is 5.82 Å². The van der Waals surface area contributed by atoms with Gasteiger partial charge in [-0.15, -0.1) is 0 Å². The molecule has 1 aliphatic rings. The lowest BCUT2D eigenvalue weighted by Crippen LogP contribution is -2.41. The highest BCUT2D eigenvalue weighted by molar-refractivity contribution is 6.62. The number of hydrogen-bond acceptors (Lipinski definition) is 3. The second kappa shape index (κ2) is 6.85. The molecule has 4 nitrogen and oxygen atoms in total. The smallest absolute Gasteiger partial charge is 0.399 e. The van der Waals surface area contributed by atoms with Crippen LogP contribution >= 0.6 is 0 Å². The van der Waals surface area contributed by atoms with Crippen molar-refractivity contribution in [3.8, 4) is 0 Å². The van der Waals surface area contributed by atoms with Gasteiger partial charge in [-0.25, -0.2) is 4.39 Å². The van der Waals surface area contributed by atoms with Crippen molar-refractivity contribution in [2.24, 2.45) is 0 Å². The predicted molar refractivity (Wildman–Crippen MR) is 99.7 cm³/mol. The van der Waals surface area contributed by atoms with Crippen LogP contribution in [0.4, 0.5) is 4.39 Å². The van der Waals surface area contributed by atoms with E-state index >= 15 is 0 Å². The first-order valence-corrected chi connectivity index (χ1v) is 8.67. The van der Waals surface area contributed by atoms with Gasteiger partial charge in [0.2, 0.25) is 0 Å². The normalized spacial score (nSPS) is 18.0. The largest absolute Gasteiger partial charge is 0.494 e. The molecule has 1 heterocycles. The standard InChI is InChI=1S/C20H23BFNO3/c1-19(2)20(3,4)26-21(25-19)16-11-10-15(17(22)12-16)13-23-18(24)14-8-6-5-7-9-14/h5-12H,13H2,1-4H3,(H,23,24). The molecule has 1 saturated heterocycles. The Morgan fingerprint density at radius 1 is 1.04 bits per heavy atom. The number of halogens is 1. The second-order valence-corrected chi connectivity index (χ2v) is 7.49. The Morgan fingerprint density at radius 2 is 1.65 bits per heavy atom. The van der Waals surface area contributed by atoms with Gasteiger partial charge in [0.05, 0.1) is 11.2 Å². The number of hydrogen-bond donors (Lipinski definition) is 1. The molecule has 0 aliphatic carbocycles. The summed E-state index contributed by atoms with van der Waals surface area (Å²) in [6, 6.07) is 13.7. The van der Waals surface area contributed by atoms with E-state index < -0.39 is 24.1 Å². The van der Waals surface area contributed by atoms with Gasteiger partial charge in [-0.1, -0.05) is 30.3 Å². The number of carbonyl (C=O) groups excluding carboxylic acids is 1. The molecule has 0 aromatic heterocycles. The summed E-state index contributed by atoms with van der Waals surface area (Å²) < 4.78 is 26.4. The third-order valence-electron chi connectivity index (χ3n) is 5.08. The van der Waals surface area contributed by atoms with E-state index in [1.807, 2.05) is 33.8 Å². The summed E-state index contributed by atoms with van der Waals surface area (Å²) in [5.41, 5.74) is 0.628. The lowest BCUT2D eigenvalue weighted by molar-refractivity contribution is 0.00578. The molecule has 1 aliphatic heterocycles. The van der Waals surface area contributed by atoms with Gasteiger partial charge >= 0.3 is 7.12 Å². The summed E-state index contributed by atoms with van der Waals surface area (Å²) in [6.45, 7) is 7.94. The van der Waals surface area contributed by atoms with Crippen LogP contribution in [0.3, 0.4) is 0 Å². The first-order valence-electron chi connectivity index (χ1n) is 8.67. The van der Waals surface area contributed by atoms with Crippen LogP contribution in [-0.4, -0.2) is 24.2 Å². The molecule has 0 saturated carbocycles. The van der Waals surface area contributed by atoms with E-state index in [1.165, 1.54) is 6.07 Å². The lowest BCUT2D eigenvalue weighted by Gasteiger charge is -2.32. The molecule has 2 aromatic rings. The summed E-state index contributed by atoms with van der Waals surface area (Å²) in [6.07, 6.45) is 0. The third-order valence-corrected chi connectivity index (χ3v) is 5.08. The molecule has 26 heavy (non-hydrogen) atoms. The average molecular weight is 355 g/mol. The Morgan fingerprint density at radius 3 is 2.23 bits per heavy atom. The van der Waals surface area contributed by atoms with E-state index in [0.717, 1.165) is 0 Å². The van der Waals surface area contributed by atoms with E-state index in [4.69, 9.17) is 9.31 Å². The van der Waals surface area contributed by atoms with Gasteiger partial charge in [-0.2, -0.15) is 0 Å². The first-order chi connectivity index (χ1) is 12.2. The van der Waals surface area contributed by atoms with Crippen molar-refractivity contribution in [3.63, 3.8) is 0 Å². The maximum absolute atomic E-state index is 14.5. The Kier molecular flexibility index (Phi) is 4.91.